The molecule has 0 saturated heterocycles. The number of hydrogen-bond donors (Lipinski definition) is 3. The lowest BCUT2D eigenvalue weighted by Crippen LogP contribution is -1.95. The molecule has 1 atom stereocenters. The summed E-state index contributed by atoms with van der Waals surface area (Å²) in [5.41, 5.74) is 3.25. The number of methoxy groups -OCH3 is 1. The van der Waals surface area contributed by atoms with Gasteiger partial charge in [-0.15, -0.1) is 10.2 Å². The molecule has 0 spiro atoms. The molecule has 0 aliphatic heterocycles. The highest BCUT2D eigenvalue weighted by Crippen LogP contribution is 2.16. The first kappa shape index (κ1) is 15.0. The molecule has 0 aliphatic rings. The average Bonchev–Trinajstić information content (AvgIpc) is 3.25. The average molecular weight is 311 g/mol. The molecule has 2 heterocycles. The summed E-state index contributed by atoms with van der Waals surface area (Å²) in [5.74, 6) is 1.09. The number of H-pyrrole nitrogens is 2. The molecule has 2 aromatic heterocycles. The van der Waals surface area contributed by atoms with Gasteiger partial charge >= 0.3 is 0 Å². The lowest BCUT2D eigenvalue weighted by atomic mass is 10.1. The van der Waals surface area contributed by atoms with Gasteiger partial charge in [-0.3, -0.25) is 0 Å². The van der Waals surface area contributed by atoms with E-state index in [4.69, 9.17) is 4.74 Å². The molecule has 1 unspecified atom stereocenters. The topological polar surface area (TPSA) is 99.7 Å². The minimum atomic E-state index is -0.881. The molecular formula is C16H17N5O2. The van der Waals surface area contributed by atoms with Crippen LogP contribution in [0.15, 0.2) is 42.6 Å². The minimum Gasteiger partial charge on any atom is -0.497 e. The summed E-state index contributed by atoms with van der Waals surface area (Å²) < 4.78 is 5.15. The SMILES string of the molecule is COc1ccc(Cc2cc(C=CC(O)c3nn[nH]n3)c[nH]2)cc1. The first-order valence-electron chi connectivity index (χ1n) is 7.14. The number of nitrogens with zero attached hydrogens (tertiary/aromatic N) is 3. The second-order valence-electron chi connectivity index (χ2n) is 5.06. The number of hydrogen-bond acceptors (Lipinski definition) is 5. The molecule has 118 valence electrons. The molecule has 23 heavy (non-hydrogen) atoms. The molecule has 0 fully saturated rings. The predicted molar refractivity (Wildman–Crippen MR) is 84.8 cm³/mol. The van der Waals surface area contributed by atoms with Crippen LogP contribution in [0, 0.1) is 0 Å². The fourth-order valence-electron chi connectivity index (χ4n) is 2.21. The van der Waals surface area contributed by atoms with E-state index in [0.717, 1.165) is 23.4 Å². The Bertz CT molecular complexity index is 762. The molecule has 1 aromatic carbocycles. The lowest BCUT2D eigenvalue weighted by Gasteiger charge is -2.02. The van der Waals surface area contributed by atoms with Gasteiger partial charge < -0.3 is 14.8 Å². The molecule has 7 nitrogen and oxygen atoms in total. The van der Waals surface area contributed by atoms with Crippen molar-refractivity contribution in [3.05, 3.63) is 65.2 Å². The number of aliphatic hydroxyl groups is 1. The van der Waals surface area contributed by atoms with E-state index in [1.54, 1.807) is 13.2 Å². The van der Waals surface area contributed by atoms with Gasteiger partial charge in [-0.25, -0.2) is 0 Å². The van der Waals surface area contributed by atoms with Gasteiger partial charge in [-0.2, -0.15) is 5.21 Å². The first-order chi connectivity index (χ1) is 11.2. The molecule has 3 N–H and O–H groups in total. The number of aromatic nitrogens is 5. The number of aliphatic hydroxyl groups excluding tert-OH is 1. The molecule has 3 aromatic rings. The van der Waals surface area contributed by atoms with Crippen molar-refractivity contribution in [3.63, 3.8) is 0 Å². The van der Waals surface area contributed by atoms with E-state index in [1.165, 1.54) is 5.56 Å². The monoisotopic (exact) mass is 311 g/mol. The quantitative estimate of drug-likeness (QED) is 0.645. The fraction of sp³-hybridized carbons (Fsp3) is 0.188. The summed E-state index contributed by atoms with van der Waals surface area (Å²) in [6.45, 7) is 0. The van der Waals surface area contributed by atoms with E-state index in [9.17, 15) is 5.11 Å². The highest BCUT2D eigenvalue weighted by molar-refractivity contribution is 5.50. The summed E-state index contributed by atoms with van der Waals surface area (Å²) in [6.07, 6.45) is 5.23. The highest BCUT2D eigenvalue weighted by Gasteiger charge is 2.08. The maximum absolute atomic E-state index is 9.87. The largest absolute Gasteiger partial charge is 0.497 e. The van der Waals surface area contributed by atoms with E-state index in [1.807, 2.05) is 42.6 Å². The third-order valence-electron chi connectivity index (χ3n) is 3.42. The van der Waals surface area contributed by atoms with Gasteiger partial charge in [0.15, 0.2) is 0 Å². The van der Waals surface area contributed by atoms with E-state index in [0.29, 0.717) is 0 Å². The van der Waals surface area contributed by atoms with E-state index in [2.05, 4.69) is 25.6 Å². The number of rotatable bonds is 6. The Labute approximate surface area is 133 Å². The number of ether oxygens (including phenoxy) is 1. The Morgan fingerprint density at radius 1 is 1.30 bits per heavy atom. The van der Waals surface area contributed by atoms with Crippen LogP contribution in [0.3, 0.4) is 0 Å². The lowest BCUT2D eigenvalue weighted by molar-refractivity contribution is 0.219. The molecule has 0 bridgehead atoms. The number of nitrogens with one attached hydrogen (secondary N) is 2. The van der Waals surface area contributed by atoms with Crippen molar-refractivity contribution in [2.45, 2.75) is 12.5 Å². The summed E-state index contributed by atoms with van der Waals surface area (Å²) >= 11 is 0. The second-order valence-corrected chi connectivity index (χ2v) is 5.06. The van der Waals surface area contributed by atoms with Crippen molar-refractivity contribution >= 4 is 6.08 Å². The molecule has 0 radical (unpaired) electrons. The molecule has 7 heteroatoms. The molecular weight excluding hydrogens is 294 g/mol. The maximum atomic E-state index is 9.87. The zero-order chi connectivity index (χ0) is 16.1. The second kappa shape index (κ2) is 6.89. The molecule has 0 aliphatic carbocycles. The van der Waals surface area contributed by atoms with Crippen LogP contribution in [0.25, 0.3) is 6.08 Å². The number of aromatic amines is 2. The van der Waals surface area contributed by atoms with Gasteiger partial charge in [0.25, 0.3) is 0 Å². The predicted octanol–water partition coefficient (Wildman–Crippen LogP) is 1.87. The van der Waals surface area contributed by atoms with E-state index >= 15 is 0 Å². The van der Waals surface area contributed by atoms with Crippen molar-refractivity contribution in [3.8, 4) is 5.75 Å². The Kier molecular flexibility index (Phi) is 4.49. The fourth-order valence-corrected chi connectivity index (χ4v) is 2.21. The summed E-state index contributed by atoms with van der Waals surface area (Å²) in [4.78, 5) is 3.23. The first-order valence-corrected chi connectivity index (χ1v) is 7.14. The van der Waals surface area contributed by atoms with Crippen LogP contribution >= 0.6 is 0 Å². The van der Waals surface area contributed by atoms with Crippen LogP contribution in [0.5, 0.6) is 5.75 Å². The molecule has 3 rings (SSSR count). The van der Waals surface area contributed by atoms with E-state index < -0.39 is 6.10 Å². The highest BCUT2D eigenvalue weighted by atomic mass is 16.5. The van der Waals surface area contributed by atoms with Gasteiger partial charge in [0, 0.05) is 18.3 Å². The number of benzene rings is 1. The smallest absolute Gasteiger partial charge is 0.206 e. The number of tetrazole rings is 1. The van der Waals surface area contributed by atoms with Gasteiger partial charge in [-0.05, 0) is 35.4 Å². The Morgan fingerprint density at radius 2 is 2.13 bits per heavy atom. The van der Waals surface area contributed by atoms with Crippen LogP contribution < -0.4 is 4.74 Å². The van der Waals surface area contributed by atoms with Gasteiger partial charge in [0.2, 0.25) is 5.82 Å². The maximum Gasteiger partial charge on any atom is 0.206 e. The summed E-state index contributed by atoms with van der Waals surface area (Å²) in [7, 11) is 1.65. The normalized spacial score (nSPS) is 12.6. The van der Waals surface area contributed by atoms with Gasteiger partial charge in [0.05, 0.1) is 7.11 Å². The zero-order valence-electron chi connectivity index (χ0n) is 12.6. The zero-order valence-corrected chi connectivity index (χ0v) is 12.6. The minimum absolute atomic E-state index is 0.246. The van der Waals surface area contributed by atoms with Crippen LogP contribution in [-0.4, -0.2) is 37.8 Å². The third-order valence-corrected chi connectivity index (χ3v) is 3.42. The Balaban J connectivity index is 1.63. The van der Waals surface area contributed by atoms with Gasteiger partial charge in [-0.1, -0.05) is 23.4 Å². The third kappa shape index (κ3) is 3.83. The molecule has 0 saturated carbocycles. The molecule has 0 amide bonds. The Morgan fingerprint density at radius 3 is 2.83 bits per heavy atom. The summed E-state index contributed by atoms with van der Waals surface area (Å²) in [5, 5.41) is 23.1. The van der Waals surface area contributed by atoms with Crippen molar-refractivity contribution < 1.29 is 9.84 Å². The van der Waals surface area contributed by atoms with Crippen molar-refractivity contribution in [2.75, 3.05) is 7.11 Å². The summed E-state index contributed by atoms with van der Waals surface area (Å²) in [6, 6.07) is 9.99. The van der Waals surface area contributed by atoms with Crippen molar-refractivity contribution in [1.82, 2.24) is 25.6 Å². The van der Waals surface area contributed by atoms with Crippen LogP contribution in [0.1, 0.15) is 28.7 Å². The van der Waals surface area contributed by atoms with Crippen LogP contribution in [-0.2, 0) is 6.42 Å². The van der Waals surface area contributed by atoms with Crippen molar-refractivity contribution in [2.24, 2.45) is 0 Å². The standard InChI is InChI=1S/C16H17N5O2/c1-23-14-5-2-11(3-6-14)8-13-9-12(10-17-13)4-7-15(22)16-18-20-21-19-16/h2-7,9-10,15,17,22H,8H2,1H3,(H,18,19,20,21). The van der Waals surface area contributed by atoms with E-state index in [-0.39, 0.29) is 5.82 Å². The van der Waals surface area contributed by atoms with Gasteiger partial charge in [0.1, 0.15) is 11.9 Å². The van der Waals surface area contributed by atoms with Crippen LogP contribution in [0.4, 0.5) is 0 Å². The Hall–Kier alpha value is -2.93. The van der Waals surface area contributed by atoms with Crippen molar-refractivity contribution in [1.29, 1.82) is 0 Å². The van der Waals surface area contributed by atoms with Crippen LogP contribution in [0.2, 0.25) is 0 Å².